The Morgan fingerprint density at radius 3 is 2.67 bits per heavy atom. The maximum atomic E-state index is 12.0. The maximum Gasteiger partial charge on any atom is 0.228 e. The van der Waals surface area contributed by atoms with Crippen LogP contribution in [0, 0.1) is 0 Å². The normalized spacial score (nSPS) is 19.5. The van der Waals surface area contributed by atoms with Crippen molar-refractivity contribution in [3.63, 3.8) is 0 Å². The van der Waals surface area contributed by atoms with Crippen molar-refractivity contribution < 1.29 is 4.79 Å². The van der Waals surface area contributed by atoms with Crippen LogP contribution in [0.5, 0.6) is 0 Å². The van der Waals surface area contributed by atoms with Gasteiger partial charge in [-0.25, -0.2) is 4.98 Å². The van der Waals surface area contributed by atoms with E-state index in [9.17, 15) is 4.79 Å². The minimum Gasteiger partial charge on any atom is -0.309 e. The van der Waals surface area contributed by atoms with Gasteiger partial charge in [0.15, 0.2) is 0 Å². The number of para-hydroxylation sites is 2. The molecule has 2 aromatic rings. The molecule has 1 aromatic carbocycles. The largest absolute Gasteiger partial charge is 0.309 e. The predicted molar refractivity (Wildman–Crippen MR) is 73.3 cm³/mol. The molecule has 4 nitrogen and oxygen atoms in total. The smallest absolute Gasteiger partial charge is 0.228 e. The number of rotatable bonds is 2. The van der Waals surface area contributed by atoms with Crippen LogP contribution in [0.15, 0.2) is 43.0 Å². The summed E-state index contributed by atoms with van der Waals surface area (Å²) in [7, 11) is 0. The number of imidazole rings is 1. The van der Waals surface area contributed by atoms with Crippen molar-refractivity contribution in [1.82, 2.24) is 9.55 Å². The number of thiol groups is 1. The van der Waals surface area contributed by atoms with Crippen molar-refractivity contribution >= 4 is 24.2 Å². The summed E-state index contributed by atoms with van der Waals surface area (Å²) in [5.41, 5.74) is 1.88. The first-order chi connectivity index (χ1) is 8.75. The summed E-state index contributed by atoms with van der Waals surface area (Å²) in [5.74, 6) is 0.127. The molecule has 2 heterocycles. The van der Waals surface area contributed by atoms with Crippen molar-refractivity contribution in [2.24, 2.45) is 0 Å². The van der Waals surface area contributed by atoms with Crippen LogP contribution in [0.25, 0.3) is 5.69 Å². The number of aromatic nitrogens is 2. The van der Waals surface area contributed by atoms with E-state index in [-0.39, 0.29) is 11.2 Å². The average Bonchev–Trinajstić information content (AvgIpc) is 2.99. The lowest BCUT2D eigenvalue weighted by molar-refractivity contribution is -0.117. The monoisotopic (exact) mass is 259 g/mol. The van der Waals surface area contributed by atoms with Crippen LogP contribution in [0.2, 0.25) is 0 Å². The van der Waals surface area contributed by atoms with Crippen molar-refractivity contribution in [2.75, 3.05) is 11.4 Å². The number of hydrogen-bond acceptors (Lipinski definition) is 3. The van der Waals surface area contributed by atoms with Gasteiger partial charge in [-0.05, 0) is 12.1 Å². The van der Waals surface area contributed by atoms with Crippen LogP contribution >= 0.6 is 12.6 Å². The van der Waals surface area contributed by atoms with Gasteiger partial charge < -0.3 is 9.47 Å². The van der Waals surface area contributed by atoms with Gasteiger partial charge in [0.2, 0.25) is 5.91 Å². The molecule has 3 rings (SSSR count). The van der Waals surface area contributed by atoms with Gasteiger partial charge in [-0.2, -0.15) is 12.6 Å². The first kappa shape index (κ1) is 11.3. The van der Waals surface area contributed by atoms with Gasteiger partial charge >= 0.3 is 0 Å². The SMILES string of the molecule is O=C1CC(S)CN1c1ccccc1-n1ccnc1. The summed E-state index contributed by atoms with van der Waals surface area (Å²) >= 11 is 4.39. The van der Waals surface area contributed by atoms with Crippen LogP contribution in [0.4, 0.5) is 5.69 Å². The van der Waals surface area contributed by atoms with E-state index in [1.165, 1.54) is 0 Å². The molecule has 1 unspecified atom stereocenters. The molecule has 18 heavy (non-hydrogen) atoms. The second-order valence-corrected chi connectivity index (χ2v) is 5.05. The minimum atomic E-state index is 0.119. The van der Waals surface area contributed by atoms with Crippen LogP contribution < -0.4 is 4.90 Å². The van der Waals surface area contributed by atoms with Crippen LogP contribution in [-0.4, -0.2) is 27.3 Å². The highest BCUT2D eigenvalue weighted by Crippen LogP contribution is 2.29. The summed E-state index contributed by atoms with van der Waals surface area (Å²) in [4.78, 5) is 17.8. The first-order valence-electron chi connectivity index (χ1n) is 5.81. The minimum absolute atomic E-state index is 0.119. The van der Waals surface area contributed by atoms with Crippen molar-refractivity contribution in [1.29, 1.82) is 0 Å². The predicted octanol–water partition coefficient (Wildman–Crippen LogP) is 1.91. The summed E-state index contributed by atoms with van der Waals surface area (Å²) in [5, 5.41) is 0.119. The number of carbonyl (C=O) groups is 1. The quantitative estimate of drug-likeness (QED) is 0.837. The van der Waals surface area contributed by atoms with Crippen LogP contribution in [0.3, 0.4) is 0 Å². The third-order valence-corrected chi connectivity index (χ3v) is 3.41. The molecular weight excluding hydrogens is 246 g/mol. The number of nitrogens with zero attached hydrogens (tertiary/aromatic N) is 3. The molecule has 0 saturated carbocycles. The maximum absolute atomic E-state index is 12.0. The second-order valence-electron chi connectivity index (χ2n) is 4.32. The first-order valence-corrected chi connectivity index (χ1v) is 6.33. The molecule has 0 radical (unpaired) electrons. The molecule has 1 aliphatic rings. The third-order valence-electron chi connectivity index (χ3n) is 3.06. The molecule has 0 N–H and O–H groups in total. The van der Waals surface area contributed by atoms with Gasteiger partial charge in [0.25, 0.3) is 0 Å². The fourth-order valence-electron chi connectivity index (χ4n) is 2.23. The Morgan fingerprint density at radius 2 is 2.06 bits per heavy atom. The molecule has 1 atom stereocenters. The Labute approximate surface area is 111 Å². The highest BCUT2D eigenvalue weighted by Gasteiger charge is 2.29. The van der Waals surface area contributed by atoms with E-state index in [0.29, 0.717) is 13.0 Å². The highest BCUT2D eigenvalue weighted by atomic mass is 32.1. The van der Waals surface area contributed by atoms with Crippen LogP contribution in [-0.2, 0) is 4.79 Å². The molecule has 0 aliphatic carbocycles. The standard InChI is InChI=1S/C13H13N3OS/c17-13-7-10(18)8-16(13)12-4-2-1-3-11(12)15-6-5-14-9-15/h1-6,9-10,18H,7-8H2. The topological polar surface area (TPSA) is 38.1 Å². The molecule has 1 aromatic heterocycles. The number of benzene rings is 1. The van der Waals surface area contributed by atoms with Crippen molar-refractivity contribution in [3.8, 4) is 5.69 Å². The van der Waals surface area contributed by atoms with Gasteiger partial charge in [-0.3, -0.25) is 4.79 Å². The Bertz CT molecular complexity index is 567. The lowest BCUT2D eigenvalue weighted by Crippen LogP contribution is -2.25. The van der Waals surface area contributed by atoms with Crippen molar-refractivity contribution in [3.05, 3.63) is 43.0 Å². The summed E-state index contributed by atoms with van der Waals surface area (Å²) in [6, 6.07) is 7.83. The van der Waals surface area contributed by atoms with E-state index in [1.54, 1.807) is 17.4 Å². The fraction of sp³-hybridized carbons (Fsp3) is 0.231. The molecule has 1 aliphatic heterocycles. The zero-order valence-corrected chi connectivity index (χ0v) is 10.6. The molecule has 1 amide bonds. The van der Waals surface area contributed by atoms with Gasteiger partial charge in [-0.1, -0.05) is 12.1 Å². The van der Waals surface area contributed by atoms with E-state index >= 15 is 0 Å². The molecule has 0 spiro atoms. The molecule has 92 valence electrons. The molecule has 1 fully saturated rings. The molecule has 5 heteroatoms. The lowest BCUT2D eigenvalue weighted by atomic mass is 10.2. The van der Waals surface area contributed by atoms with E-state index < -0.39 is 0 Å². The Morgan fingerprint density at radius 1 is 1.28 bits per heavy atom. The van der Waals surface area contributed by atoms with E-state index in [0.717, 1.165) is 11.4 Å². The number of anilines is 1. The highest BCUT2D eigenvalue weighted by molar-refractivity contribution is 7.81. The van der Waals surface area contributed by atoms with Crippen LogP contribution in [0.1, 0.15) is 6.42 Å². The average molecular weight is 259 g/mol. The van der Waals surface area contributed by atoms with E-state index in [2.05, 4.69) is 17.6 Å². The third kappa shape index (κ3) is 1.90. The number of carbonyl (C=O) groups excluding carboxylic acids is 1. The number of amides is 1. The zero-order valence-electron chi connectivity index (χ0n) is 9.73. The zero-order chi connectivity index (χ0) is 12.5. The Hall–Kier alpha value is -1.75. The molecular formula is C13H13N3OS. The Balaban J connectivity index is 2.05. The fourth-order valence-corrected chi connectivity index (χ4v) is 2.55. The van der Waals surface area contributed by atoms with Gasteiger partial charge in [0.05, 0.1) is 17.7 Å². The van der Waals surface area contributed by atoms with Crippen molar-refractivity contribution in [2.45, 2.75) is 11.7 Å². The Kier molecular flexibility index (Phi) is 2.83. The summed E-state index contributed by atoms with van der Waals surface area (Å²) < 4.78 is 1.91. The van der Waals surface area contributed by atoms with Gasteiger partial charge in [-0.15, -0.1) is 0 Å². The van der Waals surface area contributed by atoms with Gasteiger partial charge in [0, 0.05) is 30.6 Å². The van der Waals surface area contributed by atoms with E-state index in [1.807, 2.05) is 35.0 Å². The second kappa shape index (κ2) is 4.49. The number of hydrogen-bond donors (Lipinski definition) is 1. The van der Waals surface area contributed by atoms with Gasteiger partial charge in [0.1, 0.15) is 0 Å². The summed E-state index contributed by atoms with van der Waals surface area (Å²) in [6.45, 7) is 0.660. The molecule has 0 bridgehead atoms. The molecule has 1 saturated heterocycles. The van der Waals surface area contributed by atoms with E-state index in [4.69, 9.17) is 0 Å². The summed E-state index contributed by atoms with van der Waals surface area (Å²) in [6.07, 6.45) is 5.83. The lowest BCUT2D eigenvalue weighted by Gasteiger charge is -2.20.